The Kier molecular flexibility index (Phi) is 3.44. The molecule has 0 spiro atoms. The lowest BCUT2D eigenvalue weighted by atomic mass is 9.75. The van der Waals surface area contributed by atoms with Crippen molar-refractivity contribution < 1.29 is 18.6 Å². The smallest absolute Gasteiger partial charge is 0.168 e. The summed E-state index contributed by atoms with van der Waals surface area (Å²) >= 11 is 0. The molecule has 2 aromatic heterocycles. The molecule has 0 saturated carbocycles. The fourth-order valence-corrected chi connectivity index (χ4v) is 3.80. The molecule has 0 atom stereocenters. The number of carbonyl (C=O) groups is 2. The zero-order valence-corrected chi connectivity index (χ0v) is 14.0. The number of aromatic nitrogens is 2. The molecule has 6 nitrogen and oxygen atoms in total. The van der Waals surface area contributed by atoms with Gasteiger partial charge in [0.1, 0.15) is 11.5 Å². The molecule has 126 valence electrons. The molecule has 0 saturated heterocycles. The third kappa shape index (κ3) is 2.50. The lowest BCUT2D eigenvalue weighted by Gasteiger charge is -2.26. The SMILES string of the molecule is CC1(C)CC(=O)c2c(noc2CCc2noc3c2C(=O)CCC3)C1. The molecule has 2 aliphatic carbocycles. The van der Waals surface area contributed by atoms with E-state index in [2.05, 4.69) is 24.2 Å². The Bertz CT molecular complexity index is 828. The molecule has 0 N–H and O–H groups in total. The van der Waals surface area contributed by atoms with Gasteiger partial charge in [-0.1, -0.05) is 24.2 Å². The lowest BCUT2D eigenvalue weighted by Crippen LogP contribution is -2.27. The second kappa shape index (κ2) is 5.40. The van der Waals surface area contributed by atoms with E-state index in [0.717, 1.165) is 25.0 Å². The van der Waals surface area contributed by atoms with Crippen LogP contribution in [0.1, 0.15) is 76.7 Å². The van der Waals surface area contributed by atoms with Gasteiger partial charge in [-0.2, -0.15) is 0 Å². The van der Waals surface area contributed by atoms with Gasteiger partial charge >= 0.3 is 0 Å². The number of rotatable bonds is 3. The van der Waals surface area contributed by atoms with Crippen molar-refractivity contribution in [3.05, 3.63) is 34.0 Å². The summed E-state index contributed by atoms with van der Waals surface area (Å²) in [6.45, 7) is 4.13. The lowest BCUT2D eigenvalue weighted by molar-refractivity contribution is 0.0909. The third-order valence-corrected chi connectivity index (χ3v) is 4.91. The molecule has 2 aromatic rings. The number of ketones is 2. The van der Waals surface area contributed by atoms with Crippen molar-refractivity contribution in [2.24, 2.45) is 5.41 Å². The van der Waals surface area contributed by atoms with E-state index in [1.807, 2.05) is 0 Å². The topological polar surface area (TPSA) is 86.2 Å². The molecular weight excluding hydrogens is 308 g/mol. The number of hydrogen-bond donors (Lipinski definition) is 0. The normalized spacial score (nSPS) is 19.2. The van der Waals surface area contributed by atoms with Crippen molar-refractivity contribution in [3.8, 4) is 0 Å². The quantitative estimate of drug-likeness (QED) is 0.860. The van der Waals surface area contributed by atoms with Gasteiger partial charge in [0.15, 0.2) is 11.6 Å². The van der Waals surface area contributed by atoms with E-state index in [0.29, 0.717) is 54.0 Å². The van der Waals surface area contributed by atoms with Crippen molar-refractivity contribution in [1.29, 1.82) is 0 Å². The minimum Gasteiger partial charge on any atom is -0.360 e. The average Bonchev–Trinajstić information content (AvgIpc) is 3.08. The summed E-state index contributed by atoms with van der Waals surface area (Å²) in [6, 6.07) is 0. The Morgan fingerprint density at radius 3 is 2.62 bits per heavy atom. The van der Waals surface area contributed by atoms with Gasteiger partial charge in [-0.25, -0.2) is 0 Å². The maximum atomic E-state index is 12.4. The van der Waals surface area contributed by atoms with Crippen molar-refractivity contribution in [1.82, 2.24) is 10.3 Å². The number of carbonyl (C=O) groups excluding carboxylic acids is 2. The van der Waals surface area contributed by atoms with E-state index < -0.39 is 0 Å². The van der Waals surface area contributed by atoms with Crippen molar-refractivity contribution in [2.45, 2.75) is 58.8 Å². The molecule has 24 heavy (non-hydrogen) atoms. The van der Waals surface area contributed by atoms with Crippen LogP contribution < -0.4 is 0 Å². The highest BCUT2D eigenvalue weighted by Crippen LogP contribution is 2.36. The first-order valence-corrected chi connectivity index (χ1v) is 8.46. The highest BCUT2D eigenvalue weighted by atomic mass is 16.5. The number of hydrogen-bond acceptors (Lipinski definition) is 6. The Labute approximate surface area is 139 Å². The van der Waals surface area contributed by atoms with E-state index in [4.69, 9.17) is 9.05 Å². The second-order valence-corrected chi connectivity index (χ2v) is 7.57. The second-order valence-electron chi connectivity index (χ2n) is 7.57. The van der Waals surface area contributed by atoms with Gasteiger partial charge in [-0.15, -0.1) is 0 Å². The predicted octanol–water partition coefficient (Wildman–Crippen LogP) is 3.12. The largest absolute Gasteiger partial charge is 0.360 e. The van der Waals surface area contributed by atoms with Crippen molar-refractivity contribution in [2.75, 3.05) is 0 Å². The molecule has 0 unspecified atom stereocenters. The Balaban J connectivity index is 1.57. The minimum atomic E-state index is -0.0736. The number of Topliss-reactive ketones (excluding diaryl/α,β-unsaturated/α-hetero) is 2. The van der Waals surface area contributed by atoms with Crippen LogP contribution in [0.2, 0.25) is 0 Å². The molecule has 0 amide bonds. The Hall–Kier alpha value is -2.24. The van der Waals surface area contributed by atoms with E-state index in [1.165, 1.54) is 0 Å². The summed E-state index contributed by atoms with van der Waals surface area (Å²) in [7, 11) is 0. The molecule has 4 rings (SSSR count). The molecule has 0 bridgehead atoms. The maximum absolute atomic E-state index is 12.4. The van der Waals surface area contributed by atoms with Gasteiger partial charge < -0.3 is 9.05 Å². The molecule has 0 aromatic carbocycles. The van der Waals surface area contributed by atoms with Crippen LogP contribution in [0.4, 0.5) is 0 Å². The highest BCUT2D eigenvalue weighted by Gasteiger charge is 2.36. The van der Waals surface area contributed by atoms with Gasteiger partial charge in [0, 0.05) is 32.1 Å². The summed E-state index contributed by atoms with van der Waals surface area (Å²) in [5.74, 6) is 1.49. The Morgan fingerprint density at radius 2 is 1.79 bits per heavy atom. The summed E-state index contributed by atoms with van der Waals surface area (Å²) < 4.78 is 10.7. The summed E-state index contributed by atoms with van der Waals surface area (Å²) in [5.41, 5.74) is 2.63. The fourth-order valence-electron chi connectivity index (χ4n) is 3.80. The van der Waals surface area contributed by atoms with Crippen LogP contribution in [0.15, 0.2) is 9.05 Å². The van der Waals surface area contributed by atoms with Crippen LogP contribution >= 0.6 is 0 Å². The van der Waals surface area contributed by atoms with Crippen molar-refractivity contribution in [3.63, 3.8) is 0 Å². The molecule has 0 aliphatic heterocycles. The predicted molar refractivity (Wildman–Crippen MR) is 84.1 cm³/mol. The summed E-state index contributed by atoms with van der Waals surface area (Å²) in [5, 5.41) is 8.16. The highest BCUT2D eigenvalue weighted by molar-refractivity contribution is 6.00. The molecule has 0 fully saturated rings. The molecule has 0 radical (unpaired) electrons. The van der Waals surface area contributed by atoms with Crippen LogP contribution in [0.25, 0.3) is 0 Å². The van der Waals surface area contributed by atoms with Gasteiger partial charge in [-0.05, 0) is 18.3 Å². The molecule has 2 aliphatic rings. The van der Waals surface area contributed by atoms with E-state index >= 15 is 0 Å². The van der Waals surface area contributed by atoms with Crippen LogP contribution in [-0.4, -0.2) is 21.9 Å². The van der Waals surface area contributed by atoms with Crippen LogP contribution in [-0.2, 0) is 25.7 Å². The first-order chi connectivity index (χ1) is 11.4. The van der Waals surface area contributed by atoms with E-state index in [9.17, 15) is 9.59 Å². The number of nitrogens with zero attached hydrogens (tertiary/aromatic N) is 2. The summed E-state index contributed by atoms with van der Waals surface area (Å²) in [6.07, 6.45) is 4.40. The standard InChI is InChI=1S/C18H20N2O4/c1-18(2)8-11-17(13(22)9-18)15(24-20-11)7-6-10-16-12(21)4-3-5-14(16)23-19-10/h3-9H2,1-2H3. The van der Waals surface area contributed by atoms with Gasteiger partial charge in [-0.3, -0.25) is 9.59 Å². The molecule has 2 heterocycles. The van der Waals surface area contributed by atoms with Crippen LogP contribution in [0, 0.1) is 5.41 Å². The van der Waals surface area contributed by atoms with Crippen molar-refractivity contribution >= 4 is 11.6 Å². The van der Waals surface area contributed by atoms with Gasteiger partial charge in [0.25, 0.3) is 0 Å². The summed E-state index contributed by atoms with van der Waals surface area (Å²) in [4.78, 5) is 24.5. The average molecular weight is 328 g/mol. The van der Waals surface area contributed by atoms with E-state index in [1.54, 1.807) is 0 Å². The van der Waals surface area contributed by atoms with E-state index in [-0.39, 0.29) is 17.0 Å². The minimum absolute atomic E-state index is 0.0736. The van der Waals surface area contributed by atoms with Crippen LogP contribution in [0.5, 0.6) is 0 Å². The number of aryl methyl sites for hydroxylation is 3. The molecule has 6 heteroatoms. The Morgan fingerprint density at radius 1 is 0.958 bits per heavy atom. The van der Waals surface area contributed by atoms with Gasteiger partial charge in [0.2, 0.25) is 0 Å². The molecular formula is C18H20N2O4. The fraction of sp³-hybridized carbons (Fsp3) is 0.556. The van der Waals surface area contributed by atoms with Crippen LogP contribution in [0.3, 0.4) is 0 Å². The third-order valence-electron chi connectivity index (χ3n) is 4.91. The maximum Gasteiger partial charge on any atom is 0.168 e. The first-order valence-electron chi connectivity index (χ1n) is 8.46. The first kappa shape index (κ1) is 15.3. The zero-order valence-electron chi connectivity index (χ0n) is 14.0. The van der Waals surface area contributed by atoms with Gasteiger partial charge in [0.05, 0.1) is 22.5 Å². The zero-order chi connectivity index (χ0) is 16.9. The number of fused-ring (bicyclic) bond motifs is 2. The monoisotopic (exact) mass is 328 g/mol.